The molecule has 0 radical (unpaired) electrons. The highest BCUT2D eigenvalue weighted by molar-refractivity contribution is 5.97. The van der Waals surface area contributed by atoms with E-state index in [-0.39, 0.29) is 17.2 Å². The van der Waals surface area contributed by atoms with Gasteiger partial charge < -0.3 is 15.0 Å². The van der Waals surface area contributed by atoms with Crippen molar-refractivity contribution >= 4 is 11.8 Å². The van der Waals surface area contributed by atoms with Crippen molar-refractivity contribution in [3.8, 4) is 0 Å². The maximum atomic E-state index is 12.6. The third-order valence-electron chi connectivity index (χ3n) is 3.86. The molecule has 0 saturated carbocycles. The van der Waals surface area contributed by atoms with Crippen molar-refractivity contribution in [2.45, 2.75) is 66.0 Å². The summed E-state index contributed by atoms with van der Waals surface area (Å²) < 4.78 is 5.52. The summed E-state index contributed by atoms with van der Waals surface area (Å²) in [6.07, 6.45) is 2.95. The smallest absolute Gasteiger partial charge is 0.246 e. The van der Waals surface area contributed by atoms with Crippen LogP contribution >= 0.6 is 0 Å². The van der Waals surface area contributed by atoms with Crippen molar-refractivity contribution in [1.82, 2.24) is 10.2 Å². The average molecular weight is 298 g/mol. The zero-order valence-electron chi connectivity index (χ0n) is 14.1. The van der Waals surface area contributed by atoms with Crippen LogP contribution in [0.1, 0.15) is 53.9 Å². The molecule has 1 saturated heterocycles. The lowest BCUT2D eigenvalue weighted by Gasteiger charge is -2.42. The predicted molar refractivity (Wildman–Crippen MR) is 82.9 cm³/mol. The lowest BCUT2D eigenvalue weighted by molar-refractivity contribution is -0.151. The summed E-state index contributed by atoms with van der Waals surface area (Å²) in [5.41, 5.74) is -0.275. The lowest BCUT2D eigenvalue weighted by atomic mass is 9.84. The maximum absolute atomic E-state index is 12.6. The molecule has 1 fully saturated rings. The van der Waals surface area contributed by atoms with Crippen molar-refractivity contribution in [1.29, 1.82) is 0 Å². The van der Waals surface area contributed by atoms with Crippen molar-refractivity contribution in [2.75, 3.05) is 19.8 Å². The second kappa shape index (κ2) is 7.78. The molecule has 1 heterocycles. The number of nitrogens with zero attached hydrogens (tertiary/aromatic N) is 1. The first-order chi connectivity index (χ1) is 9.79. The second-order valence-corrected chi connectivity index (χ2v) is 6.83. The highest BCUT2D eigenvalue weighted by atomic mass is 16.5. The third kappa shape index (κ3) is 4.99. The minimum Gasteiger partial charge on any atom is -0.381 e. The first-order valence-electron chi connectivity index (χ1n) is 7.97. The second-order valence-electron chi connectivity index (χ2n) is 6.83. The number of rotatable bonds is 7. The van der Waals surface area contributed by atoms with Gasteiger partial charge in [-0.15, -0.1) is 0 Å². The summed E-state index contributed by atoms with van der Waals surface area (Å²) in [6.45, 7) is 11.8. The Bertz CT molecular complexity index is 363. The maximum Gasteiger partial charge on any atom is 0.246 e. The summed E-state index contributed by atoms with van der Waals surface area (Å²) in [5.74, 6) is -0.0513. The number of amides is 2. The third-order valence-corrected chi connectivity index (χ3v) is 3.86. The zero-order valence-corrected chi connectivity index (χ0v) is 14.1. The Hall–Kier alpha value is -1.10. The molecule has 2 unspecified atom stereocenters. The molecule has 5 heteroatoms. The van der Waals surface area contributed by atoms with E-state index in [9.17, 15) is 9.59 Å². The normalized spacial score (nSPS) is 23.4. The molecule has 1 N–H and O–H groups in total. The molecule has 0 aromatic heterocycles. The van der Waals surface area contributed by atoms with Gasteiger partial charge in [-0.3, -0.25) is 9.59 Å². The van der Waals surface area contributed by atoms with Crippen LogP contribution in [0.5, 0.6) is 0 Å². The minimum atomic E-state index is -0.442. The molecule has 0 aromatic rings. The van der Waals surface area contributed by atoms with Crippen LogP contribution in [0.2, 0.25) is 0 Å². The fourth-order valence-corrected chi connectivity index (χ4v) is 2.40. The summed E-state index contributed by atoms with van der Waals surface area (Å²) in [6, 6.07) is -0.839. The number of carbonyl (C=O) groups is 2. The average Bonchev–Trinajstić information content (AvgIpc) is 2.40. The van der Waals surface area contributed by atoms with Crippen LogP contribution in [-0.2, 0) is 14.3 Å². The summed E-state index contributed by atoms with van der Waals surface area (Å²) in [4.78, 5) is 26.3. The predicted octanol–water partition coefficient (Wildman–Crippen LogP) is 1.95. The fraction of sp³-hybridized carbons (Fsp3) is 0.875. The first kappa shape index (κ1) is 18.0. The molecule has 0 bridgehead atoms. The topological polar surface area (TPSA) is 58.6 Å². The van der Waals surface area contributed by atoms with Crippen LogP contribution in [0.3, 0.4) is 0 Å². The number of piperazine rings is 1. The van der Waals surface area contributed by atoms with Crippen LogP contribution in [-0.4, -0.2) is 48.6 Å². The summed E-state index contributed by atoms with van der Waals surface area (Å²) >= 11 is 0. The van der Waals surface area contributed by atoms with Gasteiger partial charge in [-0.25, -0.2) is 0 Å². The van der Waals surface area contributed by atoms with Crippen LogP contribution in [0.25, 0.3) is 0 Å². The molecule has 0 aromatic carbocycles. The molecule has 1 aliphatic heterocycles. The highest BCUT2D eigenvalue weighted by Gasteiger charge is 2.43. The molecular formula is C16H30N2O3. The van der Waals surface area contributed by atoms with Gasteiger partial charge in [-0.1, -0.05) is 34.1 Å². The van der Waals surface area contributed by atoms with Gasteiger partial charge in [0.1, 0.15) is 12.1 Å². The number of hydrogen-bond acceptors (Lipinski definition) is 3. The molecule has 0 aliphatic carbocycles. The van der Waals surface area contributed by atoms with Crippen molar-refractivity contribution in [3.63, 3.8) is 0 Å². The highest BCUT2D eigenvalue weighted by Crippen LogP contribution is 2.25. The van der Waals surface area contributed by atoms with Gasteiger partial charge in [0, 0.05) is 19.8 Å². The molecule has 2 amide bonds. The zero-order chi connectivity index (χ0) is 16.0. The van der Waals surface area contributed by atoms with E-state index < -0.39 is 12.1 Å². The fourth-order valence-electron chi connectivity index (χ4n) is 2.40. The number of nitrogens with one attached hydrogen (secondary N) is 1. The van der Waals surface area contributed by atoms with Crippen molar-refractivity contribution in [3.05, 3.63) is 0 Å². The Morgan fingerprint density at radius 2 is 1.81 bits per heavy atom. The first-order valence-corrected chi connectivity index (χ1v) is 7.97. The van der Waals surface area contributed by atoms with Gasteiger partial charge >= 0.3 is 0 Å². The van der Waals surface area contributed by atoms with E-state index in [0.717, 1.165) is 25.9 Å². The van der Waals surface area contributed by atoms with Gasteiger partial charge in [-0.05, 0) is 25.2 Å². The van der Waals surface area contributed by atoms with Crippen LogP contribution in [0.15, 0.2) is 0 Å². The Labute approximate surface area is 128 Å². The molecule has 2 atom stereocenters. The van der Waals surface area contributed by atoms with E-state index in [1.54, 1.807) is 11.8 Å². The number of unbranched alkanes of at least 4 members (excludes halogenated alkanes) is 1. The summed E-state index contributed by atoms with van der Waals surface area (Å²) in [7, 11) is 0. The van der Waals surface area contributed by atoms with Crippen LogP contribution in [0.4, 0.5) is 0 Å². The van der Waals surface area contributed by atoms with E-state index in [1.165, 1.54) is 0 Å². The molecular weight excluding hydrogens is 268 g/mol. The van der Waals surface area contributed by atoms with Gasteiger partial charge in [0.25, 0.3) is 0 Å². The molecule has 5 nitrogen and oxygen atoms in total. The van der Waals surface area contributed by atoms with Gasteiger partial charge in [0.2, 0.25) is 11.8 Å². The SMILES string of the molecule is CCCCOCCCN1C(=O)C(C(C)(C)C)NC(=O)C1C. The van der Waals surface area contributed by atoms with E-state index in [0.29, 0.717) is 13.2 Å². The van der Waals surface area contributed by atoms with E-state index >= 15 is 0 Å². The monoisotopic (exact) mass is 298 g/mol. The van der Waals surface area contributed by atoms with Crippen LogP contribution < -0.4 is 5.32 Å². The largest absolute Gasteiger partial charge is 0.381 e. The van der Waals surface area contributed by atoms with Crippen molar-refractivity contribution < 1.29 is 14.3 Å². The molecule has 0 spiro atoms. The standard InChI is InChI=1S/C16H30N2O3/c1-6-7-10-21-11-8-9-18-12(2)14(19)17-13(15(18)20)16(3,4)5/h12-13H,6-11H2,1-5H3,(H,17,19). The van der Waals surface area contributed by atoms with Gasteiger partial charge in [0.05, 0.1) is 0 Å². The lowest BCUT2D eigenvalue weighted by Crippen LogP contribution is -2.65. The van der Waals surface area contributed by atoms with E-state index in [4.69, 9.17) is 4.74 Å². The quantitative estimate of drug-likeness (QED) is 0.731. The van der Waals surface area contributed by atoms with Crippen LogP contribution in [0, 0.1) is 5.41 Å². The van der Waals surface area contributed by atoms with Gasteiger partial charge in [-0.2, -0.15) is 0 Å². The summed E-state index contributed by atoms with van der Waals surface area (Å²) in [5, 5.41) is 2.84. The number of ether oxygens (including phenoxy) is 1. The van der Waals surface area contributed by atoms with Gasteiger partial charge in [0.15, 0.2) is 0 Å². The Balaban J connectivity index is 2.53. The molecule has 122 valence electrons. The van der Waals surface area contributed by atoms with E-state index in [1.807, 2.05) is 20.8 Å². The molecule has 21 heavy (non-hydrogen) atoms. The Morgan fingerprint density at radius 3 is 2.38 bits per heavy atom. The molecule has 1 rings (SSSR count). The number of hydrogen-bond donors (Lipinski definition) is 1. The Morgan fingerprint density at radius 1 is 1.19 bits per heavy atom. The molecule has 1 aliphatic rings. The van der Waals surface area contributed by atoms with E-state index in [2.05, 4.69) is 12.2 Å². The Kier molecular flexibility index (Phi) is 6.65. The van der Waals surface area contributed by atoms with Crippen molar-refractivity contribution in [2.24, 2.45) is 5.41 Å². The minimum absolute atomic E-state index is 0.0168. The number of carbonyl (C=O) groups excluding carboxylic acids is 2.